The van der Waals surface area contributed by atoms with Crippen LogP contribution in [0.15, 0.2) is 83.8 Å². The van der Waals surface area contributed by atoms with Crippen LogP contribution in [0, 0.1) is 6.92 Å². The molecule has 0 heterocycles. The lowest BCUT2D eigenvalue weighted by Crippen LogP contribution is -2.16. The smallest absolute Gasteiger partial charge is 0.344 e. The Morgan fingerprint density at radius 2 is 1.24 bits per heavy atom. The second-order valence-corrected chi connectivity index (χ2v) is 8.99. The Kier molecular flexibility index (Phi) is 25.6. The van der Waals surface area contributed by atoms with Gasteiger partial charge >= 0.3 is 11.9 Å². The van der Waals surface area contributed by atoms with E-state index in [4.69, 9.17) is 14.2 Å². The number of ether oxygens (including phenoxy) is 4. The predicted molar refractivity (Wildman–Crippen MR) is 175 cm³/mol. The van der Waals surface area contributed by atoms with Gasteiger partial charge in [-0.15, -0.1) is 11.8 Å². The Hall–Kier alpha value is -3.62. The molecule has 0 bridgehead atoms. The number of carbonyl (C=O) groups is 3. The highest BCUT2D eigenvalue weighted by atomic mass is 32.2. The van der Waals surface area contributed by atoms with Gasteiger partial charge in [-0.05, 0) is 50.3 Å². The first kappa shape index (κ1) is 42.8. The average molecular weight is 603 g/mol. The van der Waals surface area contributed by atoms with E-state index in [1.54, 1.807) is 60.3 Å². The Morgan fingerprint density at radius 3 is 1.79 bits per heavy atom. The molecule has 0 aliphatic heterocycles. The molecule has 0 atom stereocenters. The minimum atomic E-state index is -0.513. The Bertz CT molecular complexity index is 1130. The number of hydrogen-bond donors (Lipinski definition) is 0. The van der Waals surface area contributed by atoms with Gasteiger partial charge in [0.05, 0.1) is 13.2 Å². The summed E-state index contributed by atoms with van der Waals surface area (Å²) in [4.78, 5) is 36.6. The number of aryl methyl sites for hydroxylation is 1. The molecule has 234 valence electrons. The maximum absolute atomic E-state index is 12.5. The van der Waals surface area contributed by atoms with Gasteiger partial charge in [0.2, 0.25) is 0 Å². The fourth-order valence-electron chi connectivity index (χ4n) is 3.08. The Labute approximate surface area is 257 Å². The SMILES string of the molecule is C.C.C.C.COCC(=O)OCCCCOC(=O)COc1cccc(C(=O)c2ccccc2)c1.CSc1ccc(C)cc1. The first-order valence-corrected chi connectivity index (χ1v) is 13.4. The van der Waals surface area contributed by atoms with Crippen LogP contribution in [0.1, 0.15) is 64.0 Å². The normalized spacial score (nSPS) is 9.12. The highest BCUT2D eigenvalue weighted by Gasteiger charge is 2.10. The molecular formula is C34H50O7S. The number of unbranched alkanes of at least 4 members (excludes halogenated alkanes) is 1. The zero-order valence-electron chi connectivity index (χ0n) is 22.0. The van der Waals surface area contributed by atoms with Gasteiger partial charge in [-0.2, -0.15) is 0 Å². The van der Waals surface area contributed by atoms with Crippen LogP contribution in [-0.2, 0) is 23.8 Å². The number of ketones is 1. The van der Waals surface area contributed by atoms with Crippen molar-refractivity contribution in [3.63, 3.8) is 0 Å². The maximum atomic E-state index is 12.5. The van der Waals surface area contributed by atoms with Crippen LogP contribution in [0.5, 0.6) is 5.75 Å². The van der Waals surface area contributed by atoms with Crippen molar-refractivity contribution < 1.29 is 33.3 Å². The standard InChI is InChI=1S/C22H24O7.C8H10S.4CH4/c1-26-15-20(23)27-12-5-6-13-28-21(24)16-29-19-11-7-10-18(14-19)22(25)17-8-3-2-4-9-17;1-7-3-5-8(9-2)6-4-7;;;;/h2-4,7-11,14H,5-6,12-13,15-16H2,1H3;3-6H,1-2H3;4*1H4. The van der Waals surface area contributed by atoms with Crippen molar-refractivity contribution in [3.05, 3.63) is 95.6 Å². The number of hydrogen-bond acceptors (Lipinski definition) is 8. The van der Waals surface area contributed by atoms with Gasteiger partial charge < -0.3 is 18.9 Å². The molecule has 0 aromatic heterocycles. The summed E-state index contributed by atoms with van der Waals surface area (Å²) >= 11 is 1.78. The van der Waals surface area contributed by atoms with Crippen molar-refractivity contribution in [2.45, 2.75) is 54.4 Å². The minimum Gasteiger partial charge on any atom is -0.482 e. The lowest BCUT2D eigenvalue weighted by atomic mass is 10.0. The molecule has 0 N–H and O–H groups in total. The molecule has 0 aliphatic carbocycles. The van der Waals surface area contributed by atoms with Gasteiger partial charge in [0.1, 0.15) is 12.4 Å². The fraction of sp³-hybridized carbons (Fsp3) is 0.382. The predicted octanol–water partition coefficient (Wildman–Crippen LogP) is 8.07. The molecule has 0 saturated heterocycles. The summed E-state index contributed by atoms with van der Waals surface area (Å²) in [6.07, 6.45) is 3.23. The summed E-state index contributed by atoms with van der Waals surface area (Å²) in [6, 6.07) is 24.1. The zero-order valence-corrected chi connectivity index (χ0v) is 22.8. The van der Waals surface area contributed by atoms with Crippen molar-refractivity contribution in [3.8, 4) is 5.75 Å². The third-order valence-corrected chi connectivity index (χ3v) is 5.82. The molecule has 3 aromatic rings. The average Bonchev–Trinajstić information content (AvgIpc) is 2.95. The summed E-state index contributed by atoms with van der Waals surface area (Å²) in [5.41, 5.74) is 2.38. The van der Waals surface area contributed by atoms with Gasteiger partial charge in [-0.25, -0.2) is 9.59 Å². The van der Waals surface area contributed by atoms with E-state index in [0.29, 0.717) is 29.7 Å². The van der Waals surface area contributed by atoms with E-state index in [-0.39, 0.29) is 61.9 Å². The van der Waals surface area contributed by atoms with E-state index < -0.39 is 11.9 Å². The van der Waals surface area contributed by atoms with E-state index >= 15 is 0 Å². The summed E-state index contributed by atoms with van der Waals surface area (Å²) in [6.45, 7) is 2.22. The summed E-state index contributed by atoms with van der Waals surface area (Å²) in [5.74, 6) is -0.648. The molecular weight excluding hydrogens is 552 g/mol. The second-order valence-electron chi connectivity index (χ2n) is 8.11. The first-order valence-electron chi connectivity index (χ1n) is 12.2. The van der Waals surface area contributed by atoms with Crippen molar-refractivity contribution in [2.24, 2.45) is 0 Å². The van der Waals surface area contributed by atoms with Crippen LogP contribution in [0.4, 0.5) is 0 Å². The second kappa shape index (κ2) is 25.1. The fourth-order valence-corrected chi connectivity index (χ4v) is 3.49. The molecule has 0 unspecified atom stereocenters. The van der Waals surface area contributed by atoms with E-state index in [9.17, 15) is 14.4 Å². The molecule has 0 aliphatic rings. The quantitative estimate of drug-likeness (QED) is 0.0840. The van der Waals surface area contributed by atoms with Gasteiger partial charge in [-0.3, -0.25) is 4.79 Å². The van der Waals surface area contributed by atoms with E-state index in [1.165, 1.54) is 17.6 Å². The van der Waals surface area contributed by atoms with Crippen LogP contribution in [0.25, 0.3) is 0 Å². The number of carbonyl (C=O) groups excluding carboxylic acids is 3. The van der Waals surface area contributed by atoms with Crippen LogP contribution >= 0.6 is 11.8 Å². The Balaban J connectivity index is -0.00000101. The summed E-state index contributed by atoms with van der Waals surface area (Å²) in [7, 11) is 1.42. The molecule has 0 saturated carbocycles. The number of rotatable bonds is 13. The van der Waals surface area contributed by atoms with Crippen LogP contribution in [0.2, 0.25) is 0 Å². The molecule has 42 heavy (non-hydrogen) atoms. The minimum absolute atomic E-state index is 0. The lowest BCUT2D eigenvalue weighted by Gasteiger charge is -2.08. The summed E-state index contributed by atoms with van der Waals surface area (Å²) < 4.78 is 20.0. The molecule has 8 heteroatoms. The van der Waals surface area contributed by atoms with Gasteiger partial charge in [0.25, 0.3) is 0 Å². The molecule has 0 radical (unpaired) electrons. The number of benzene rings is 3. The van der Waals surface area contributed by atoms with Gasteiger partial charge in [-0.1, -0.05) is 89.9 Å². The molecule has 0 amide bonds. The molecule has 0 spiro atoms. The molecule has 7 nitrogen and oxygen atoms in total. The monoisotopic (exact) mass is 602 g/mol. The third kappa shape index (κ3) is 17.3. The van der Waals surface area contributed by atoms with E-state index in [0.717, 1.165) is 0 Å². The number of methoxy groups -OCH3 is 1. The van der Waals surface area contributed by atoms with Crippen molar-refractivity contribution in [2.75, 3.05) is 39.8 Å². The van der Waals surface area contributed by atoms with Crippen LogP contribution in [-0.4, -0.2) is 57.5 Å². The highest BCUT2D eigenvalue weighted by molar-refractivity contribution is 7.98. The molecule has 0 fully saturated rings. The highest BCUT2D eigenvalue weighted by Crippen LogP contribution is 2.17. The van der Waals surface area contributed by atoms with E-state index in [1.807, 2.05) is 6.07 Å². The maximum Gasteiger partial charge on any atom is 0.344 e. The molecule has 3 aromatic carbocycles. The topological polar surface area (TPSA) is 88.1 Å². The van der Waals surface area contributed by atoms with E-state index in [2.05, 4.69) is 42.2 Å². The summed E-state index contributed by atoms with van der Waals surface area (Å²) in [5, 5.41) is 0. The largest absolute Gasteiger partial charge is 0.482 e. The van der Waals surface area contributed by atoms with Crippen LogP contribution < -0.4 is 4.74 Å². The van der Waals surface area contributed by atoms with Gasteiger partial charge in [0, 0.05) is 23.1 Å². The first-order chi connectivity index (χ1) is 18.4. The number of thioether (sulfide) groups is 1. The van der Waals surface area contributed by atoms with Crippen LogP contribution in [0.3, 0.4) is 0 Å². The molecule has 3 rings (SSSR count). The number of esters is 2. The van der Waals surface area contributed by atoms with Crippen molar-refractivity contribution >= 4 is 29.5 Å². The lowest BCUT2D eigenvalue weighted by molar-refractivity contribution is -0.149. The third-order valence-electron chi connectivity index (χ3n) is 5.07. The zero-order chi connectivity index (χ0) is 27.6. The van der Waals surface area contributed by atoms with Crippen molar-refractivity contribution in [1.29, 1.82) is 0 Å². The Morgan fingerprint density at radius 1 is 0.690 bits per heavy atom. The van der Waals surface area contributed by atoms with Crippen molar-refractivity contribution in [1.82, 2.24) is 0 Å². The van der Waals surface area contributed by atoms with Gasteiger partial charge in [0.15, 0.2) is 12.4 Å².